The van der Waals surface area contributed by atoms with Crippen LogP contribution in [0.5, 0.6) is 0 Å². The molecule has 0 radical (unpaired) electrons. The smallest absolute Gasteiger partial charge is 0.411 e. The summed E-state index contributed by atoms with van der Waals surface area (Å²) >= 11 is 1.34. The Balaban J connectivity index is 1.48. The van der Waals surface area contributed by atoms with Crippen LogP contribution < -0.4 is 0 Å². The summed E-state index contributed by atoms with van der Waals surface area (Å²) in [4.78, 5) is 34.7. The summed E-state index contributed by atoms with van der Waals surface area (Å²) in [6.07, 6.45) is 0.510. The Morgan fingerprint density at radius 1 is 1.12 bits per heavy atom. The molecular formula is C26H26FN3O3S. The molecule has 1 aromatic heterocycles. The Kier molecular flexibility index (Phi) is 5.64. The molecule has 2 aromatic carbocycles. The van der Waals surface area contributed by atoms with E-state index in [0.29, 0.717) is 36.4 Å². The number of carbonyl (C=O) groups excluding carboxylic acids is 2. The van der Waals surface area contributed by atoms with E-state index in [-0.39, 0.29) is 18.3 Å². The van der Waals surface area contributed by atoms with Crippen LogP contribution in [0, 0.1) is 12.7 Å². The molecule has 1 atom stereocenters. The van der Waals surface area contributed by atoms with Crippen LogP contribution in [0.2, 0.25) is 0 Å². The Morgan fingerprint density at radius 3 is 2.44 bits per heavy atom. The summed E-state index contributed by atoms with van der Waals surface area (Å²) in [6, 6.07) is 16.3. The minimum Gasteiger partial charge on any atom is -0.440 e. The summed E-state index contributed by atoms with van der Waals surface area (Å²) in [7, 11) is 0. The van der Waals surface area contributed by atoms with Gasteiger partial charge in [-0.1, -0.05) is 48.5 Å². The minimum absolute atomic E-state index is 0.0381. The zero-order valence-electron chi connectivity index (χ0n) is 19.2. The van der Waals surface area contributed by atoms with Crippen molar-refractivity contribution in [2.75, 3.05) is 13.1 Å². The van der Waals surface area contributed by atoms with E-state index in [1.807, 2.05) is 49.1 Å². The second kappa shape index (κ2) is 8.51. The van der Waals surface area contributed by atoms with Crippen molar-refractivity contribution in [2.45, 2.75) is 44.4 Å². The first-order valence-corrected chi connectivity index (χ1v) is 12.2. The predicted octanol–water partition coefficient (Wildman–Crippen LogP) is 5.13. The molecule has 2 aliphatic rings. The number of rotatable bonds is 4. The van der Waals surface area contributed by atoms with Crippen LogP contribution in [0.3, 0.4) is 0 Å². The number of aromatic nitrogens is 1. The van der Waals surface area contributed by atoms with Crippen LogP contribution in [0.4, 0.5) is 9.18 Å². The molecule has 2 fully saturated rings. The molecule has 1 spiro atoms. The molecular weight excluding hydrogens is 453 g/mol. The van der Waals surface area contributed by atoms with Gasteiger partial charge in [0.2, 0.25) is 0 Å². The van der Waals surface area contributed by atoms with Gasteiger partial charge in [0.1, 0.15) is 21.8 Å². The fourth-order valence-electron chi connectivity index (χ4n) is 5.26. The normalized spacial score (nSPS) is 21.7. The number of hydrogen-bond acceptors (Lipinski definition) is 5. The number of piperidine rings is 1. The zero-order chi connectivity index (χ0) is 23.9. The van der Waals surface area contributed by atoms with Gasteiger partial charge in [-0.25, -0.2) is 14.2 Å². The molecule has 5 rings (SSSR count). The third kappa shape index (κ3) is 3.48. The second-order valence-electron chi connectivity index (χ2n) is 9.04. The topological polar surface area (TPSA) is 62.7 Å². The lowest BCUT2D eigenvalue weighted by Gasteiger charge is -2.48. The van der Waals surface area contributed by atoms with Gasteiger partial charge in [0.25, 0.3) is 5.91 Å². The van der Waals surface area contributed by atoms with E-state index >= 15 is 0 Å². The van der Waals surface area contributed by atoms with Crippen LogP contribution in [-0.2, 0) is 16.8 Å². The van der Waals surface area contributed by atoms with Gasteiger partial charge in [-0.05, 0) is 25.5 Å². The predicted molar refractivity (Wildman–Crippen MR) is 127 cm³/mol. The van der Waals surface area contributed by atoms with E-state index in [9.17, 15) is 14.0 Å². The van der Waals surface area contributed by atoms with Crippen molar-refractivity contribution in [3.05, 3.63) is 87.6 Å². The monoisotopic (exact) mass is 479 g/mol. The largest absolute Gasteiger partial charge is 0.440 e. The van der Waals surface area contributed by atoms with Crippen molar-refractivity contribution in [1.82, 2.24) is 14.8 Å². The van der Waals surface area contributed by atoms with Crippen LogP contribution in [0.1, 0.15) is 46.3 Å². The molecule has 0 saturated carbocycles. The molecule has 1 unspecified atom stereocenters. The van der Waals surface area contributed by atoms with Crippen molar-refractivity contribution < 1.29 is 18.7 Å². The first-order valence-electron chi connectivity index (χ1n) is 11.3. The maximum atomic E-state index is 14.5. The summed E-state index contributed by atoms with van der Waals surface area (Å²) < 4.78 is 20.7. The molecule has 0 bridgehead atoms. The maximum absolute atomic E-state index is 14.5. The molecule has 3 aromatic rings. The first-order chi connectivity index (χ1) is 16.4. The quantitative estimate of drug-likeness (QED) is 0.520. The van der Waals surface area contributed by atoms with Gasteiger partial charge in [-0.3, -0.25) is 9.69 Å². The molecule has 0 N–H and O–H groups in total. The Labute approximate surface area is 202 Å². The number of hydrogen-bond donors (Lipinski definition) is 0. The number of ether oxygens (including phenoxy) is 1. The summed E-state index contributed by atoms with van der Waals surface area (Å²) in [5.41, 5.74) is 2.11. The number of thiazole rings is 1. The molecule has 2 amide bonds. The number of likely N-dealkylation sites (tertiary alicyclic amines) is 1. The summed E-state index contributed by atoms with van der Waals surface area (Å²) in [6.45, 7) is 4.85. The van der Waals surface area contributed by atoms with Gasteiger partial charge in [0, 0.05) is 31.5 Å². The highest BCUT2D eigenvalue weighted by molar-refractivity contribution is 7.11. The molecule has 8 heteroatoms. The minimum atomic E-state index is -0.837. The first kappa shape index (κ1) is 22.5. The van der Waals surface area contributed by atoms with Gasteiger partial charge in [0.15, 0.2) is 0 Å². The lowest BCUT2D eigenvalue weighted by molar-refractivity contribution is -0.0551. The van der Waals surface area contributed by atoms with Crippen LogP contribution >= 0.6 is 11.3 Å². The third-order valence-electron chi connectivity index (χ3n) is 7.35. The summed E-state index contributed by atoms with van der Waals surface area (Å²) in [5, 5.41) is 0. The van der Waals surface area contributed by atoms with Gasteiger partial charge in [-0.15, -0.1) is 11.3 Å². The standard InChI is InChI=1S/C26H26FN3O3S/c1-18-22(34-17-28-18)23(31)29-14-12-26(13-15-29)25(2,20-9-4-3-5-10-20)30(24(32)33-26)16-19-8-6-7-11-21(19)27/h3-11,17H,12-16H2,1-2H3. The van der Waals surface area contributed by atoms with Crippen molar-refractivity contribution in [3.63, 3.8) is 0 Å². The number of nitrogens with zero attached hydrogens (tertiary/aromatic N) is 3. The van der Waals surface area contributed by atoms with E-state index in [1.54, 1.807) is 28.6 Å². The van der Waals surface area contributed by atoms with E-state index < -0.39 is 17.2 Å². The number of carbonyl (C=O) groups is 2. The van der Waals surface area contributed by atoms with Gasteiger partial charge < -0.3 is 9.64 Å². The molecule has 6 nitrogen and oxygen atoms in total. The van der Waals surface area contributed by atoms with Gasteiger partial charge >= 0.3 is 6.09 Å². The van der Waals surface area contributed by atoms with Crippen molar-refractivity contribution in [3.8, 4) is 0 Å². The molecule has 176 valence electrons. The highest BCUT2D eigenvalue weighted by atomic mass is 32.1. The van der Waals surface area contributed by atoms with E-state index in [4.69, 9.17) is 4.74 Å². The Bertz CT molecular complexity index is 1220. The van der Waals surface area contributed by atoms with Gasteiger partial charge in [-0.2, -0.15) is 0 Å². The van der Waals surface area contributed by atoms with Crippen molar-refractivity contribution in [2.24, 2.45) is 0 Å². The number of benzene rings is 2. The third-order valence-corrected chi connectivity index (χ3v) is 8.27. The Hall–Kier alpha value is -3.26. The number of halogens is 1. The maximum Gasteiger partial charge on any atom is 0.411 e. The zero-order valence-corrected chi connectivity index (χ0v) is 20.0. The number of amides is 2. The Morgan fingerprint density at radius 2 is 1.79 bits per heavy atom. The molecule has 2 saturated heterocycles. The van der Waals surface area contributed by atoms with Crippen LogP contribution in [0.15, 0.2) is 60.1 Å². The highest BCUT2D eigenvalue weighted by Crippen LogP contribution is 2.52. The molecule has 0 aliphatic carbocycles. The lowest BCUT2D eigenvalue weighted by Crippen LogP contribution is -2.58. The van der Waals surface area contributed by atoms with Crippen LogP contribution in [-0.4, -0.2) is 45.5 Å². The second-order valence-corrected chi connectivity index (χ2v) is 9.89. The average molecular weight is 480 g/mol. The van der Waals surface area contributed by atoms with E-state index in [0.717, 1.165) is 11.3 Å². The van der Waals surface area contributed by atoms with E-state index in [2.05, 4.69) is 4.98 Å². The summed E-state index contributed by atoms with van der Waals surface area (Å²) in [5.74, 6) is -0.393. The fraction of sp³-hybridized carbons (Fsp3) is 0.346. The number of aryl methyl sites for hydroxylation is 1. The highest BCUT2D eigenvalue weighted by Gasteiger charge is 2.64. The SMILES string of the molecule is Cc1ncsc1C(=O)N1CCC2(CC1)OC(=O)N(Cc1ccccc1F)C2(C)c1ccccc1. The molecule has 34 heavy (non-hydrogen) atoms. The van der Waals surface area contributed by atoms with Gasteiger partial charge in [0.05, 0.1) is 17.7 Å². The van der Waals surface area contributed by atoms with Crippen LogP contribution in [0.25, 0.3) is 0 Å². The van der Waals surface area contributed by atoms with Crippen molar-refractivity contribution >= 4 is 23.3 Å². The fourth-order valence-corrected chi connectivity index (χ4v) is 6.03. The molecule has 2 aliphatic heterocycles. The lowest BCUT2D eigenvalue weighted by atomic mass is 9.70. The average Bonchev–Trinajstić information content (AvgIpc) is 3.36. The van der Waals surface area contributed by atoms with Crippen molar-refractivity contribution in [1.29, 1.82) is 0 Å². The van der Waals surface area contributed by atoms with E-state index in [1.165, 1.54) is 17.4 Å². The molecule has 3 heterocycles.